The van der Waals surface area contributed by atoms with E-state index in [2.05, 4.69) is 12.2 Å². The summed E-state index contributed by atoms with van der Waals surface area (Å²) in [6, 6.07) is 7.82. The Hall–Kier alpha value is -1.92. The number of aryl methyl sites for hydroxylation is 1. The number of carbonyl (C=O) groups excluding carboxylic acids is 2. The quantitative estimate of drug-likeness (QED) is 0.313. The van der Waals surface area contributed by atoms with Crippen molar-refractivity contribution in [3.8, 4) is 0 Å². The number of Topliss-reactive ketones (excluding diaryl/α,β-unsaturated/α-hetero) is 1. The third-order valence-corrected chi connectivity index (χ3v) is 5.83. The fourth-order valence-electron chi connectivity index (χ4n) is 3.78. The summed E-state index contributed by atoms with van der Waals surface area (Å²) in [6.45, 7) is 12.1. The second-order valence-electron chi connectivity index (χ2n) is 10.7. The molecule has 2 rings (SSSR count). The van der Waals surface area contributed by atoms with Gasteiger partial charge in [-0.1, -0.05) is 56.9 Å². The van der Waals surface area contributed by atoms with Crippen LogP contribution in [0.5, 0.6) is 0 Å². The number of unbranched alkanes of at least 4 members (excludes halogenated alkanes) is 4. The SMILES string of the molecule is CCCCCCCC(=O)c1ccc(CCC2(NC(=O)OC(C)(C)C)COC(C)(C)OC2)cc1. The lowest BCUT2D eigenvalue weighted by atomic mass is 9.91. The van der Waals surface area contributed by atoms with E-state index in [1.165, 1.54) is 19.3 Å². The van der Waals surface area contributed by atoms with Crippen molar-refractivity contribution in [3.05, 3.63) is 35.4 Å². The third kappa shape index (κ3) is 9.85. The van der Waals surface area contributed by atoms with Crippen LogP contribution in [-0.2, 0) is 20.6 Å². The summed E-state index contributed by atoms with van der Waals surface area (Å²) < 4.78 is 17.2. The van der Waals surface area contributed by atoms with Crippen LogP contribution in [0, 0.1) is 0 Å². The molecule has 0 radical (unpaired) electrons. The van der Waals surface area contributed by atoms with E-state index in [0.717, 1.165) is 24.0 Å². The summed E-state index contributed by atoms with van der Waals surface area (Å²) in [5.74, 6) is -0.477. The molecule has 1 fully saturated rings. The number of nitrogens with one attached hydrogen (secondary N) is 1. The second kappa shape index (κ2) is 12.0. The van der Waals surface area contributed by atoms with Gasteiger partial charge in [0.25, 0.3) is 0 Å². The fraction of sp³-hybridized carbons (Fsp3) is 0.704. The van der Waals surface area contributed by atoms with Gasteiger partial charge in [-0.25, -0.2) is 4.79 Å². The average Bonchev–Trinajstić information content (AvgIpc) is 2.73. The first-order valence-electron chi connectivity index (χ1n) is 12.3. The molecule has 0 spiro atoms. The van der Waals surface area contributed by atoms with E-state index in [-0.39, 0.29) is 5.78 Å². The maximum atomic E-state index is 12.5. The summed E-state index contributed by atoms with van der Waals surface area (Å²) in [5.41, 5.74) is 0.607. The Morgan fingerprint density at radius 3 is 2.18 bits per heavy atom. The molecular formula is C27H43NO5. The van der Waals surface area contributed by atoms with Gasteiger partial charge in [0.15, 0.2) is 11.6 Å². The molecular weight excluding hydrogens is 418 g/mol. The van der Waals surface area contributed by atoms with Gasteiger partial charge in [0.1, 0.15) is 5.60 Å². The van der Waals surface area contributed by atoms with E-state index in [0.29, 0.717) is 32.5 Å². The zero-order chi connectivity index (χ0) is 24.5. The molecule has 1 aliphatic rings. The monoisotopic (exact) mass is 461 g/mol. The Morgan fingerprint density at radius 2 is 1.61 bits per heavy atom. The van der Waals surface area contributed by atoms with Crippen molar-refractivity contribution < 1.29 is 23.8 Å². The molecule has 186 valence electrons. The first-order valence-corrected chi connectivity index (χ1v) is 12.3. The Bertz CT molecular complexity index is 754. The molecule has 1 heterocycles. The summed E-state index contributed by atoms with van der Waals surface area (Å²) in [7, 11) is 0. The lowest BCUT2D eigenvalue weighted by Crippen LogP contribution is -2.61. The van der Waals surface area contributed by atoms with E-state index in [1.807, 2.05) is 58.9 Å². The third-order valence-electron chi connectivity index (χ3n) is 5.83. The van der Waals surface area contributed by atoms with Crippen molar-refractivity contribution in [2.75, 3.05) is 13.2 Å². The molecule has 0 aliphatic carbocycles. The van der Waals surface area contributed by atoms with Crippen LogP contribution < -0.4 is 5.32 Å². The number of benzene rings is 1. The van der Waals surface area contributed by atoms with E-state index >= 15 is 0 Å². The van der Waals surface area contributed by atoms with Gasteiger partial charge in [-0.3, -0.25) is 4.79 Å². The standard InChI is InChI=1S/C27H43NO5/c1-7-8-9-10-11-12-23(29)22-15-13-21(14-16-22)17-18-27(19-31-26(5,6)32-20-27)28-24(30)33-25(2,3)4/h13-16H,7-12,17-20H2,1-6H3,(H,28,30). The molecule has 1 amide bonds. The molecule has 6 heteroatoms. The number of amides is 1. The van der Waals surface area contributed by atoms with Crippen molar-refractivity contribution in [2.24, 2.45) is 0 Å². The summed E-state index contributed by atoms with van der Waals surface area (Å²) in [5, 5.41) is 3.00. The van der Waals surface area contributed by atoms with Gasteiger partial charge >= 0.3 is 6.09 Å². The molecule has 0 unspecified atom stereocenters. The topological polar surface area (TPSA) is 73.9 Å². The van der Waals surface area contributed by atoms with Crippen molar-refractivity contribution in [2.45, 2.75) is 110 Å². The minimum atomic E-state index is -0.683. The summed E-state index contributed by atoms with van der Waals surface area (Å²) in [4.78, 5) is 24.9. The van der Waals surface area contributed by atoms with E-state index in [1.54, 1.807) is 0 Å². The predicted octanol–water partition coefficient (Wildman–Crippen LogP) is 6.21. The van der Waals surface area contributed by atoms with Gasteiger partial charge in [0.05, 0.1) is 18.8 Å². The van der Waals surface area contributed by atoms with Crippen LogP contribution in [0.4, 0.5) is 4.79 Å². The zero-order valence-electron chi connectivity index (χ0n) is 21.4. The van der Waals surface area contributed by atoms with Crippen LogP contribution >= 0.6 is 0 Å². The smallest absolute Gasteiger partial charge is 0.408 e. The Balaban J connectivity index is 1.95. The van der Waals surface area contributed by atoms with Crippen LogP contribution in [0.2, 0.25) is 0 Å². The maximum absolute atomic E-state index is 12.5. The zero-order valence-corrected chi connectivity index (χ0v) is 21.4. The second-order valence-corrected chi connectivity index (χ2v) is 10.7. The van der Waals surface area contributed by atoms with Crippen LogP contribution in [0.25, 0.3) is 0 Å². The largest absolute Gasteiger partial charge is 0.444 e. The lowest BCUT2D eigenvalue weighted by molar-refractivity contribution is -0.271. The van der Waals surface area contributed by atoms with Crippen LogP contribution in [0.1, 0.15) is 102 Å². The first kappa shape index (κ1) is 27.3. The molecule has 1 aromatic carbocycles. The molecule has 33 heavy (non-hydrogen) atoms. The average molecular weight is 462 g/mol. The van der Waals surface area contributed by atoms with Gasteiger partial charge < -0.3 is 19.5 Å². The molecule has 0 saturated carbocycles. The highest BCUT2D eigenvalue weighted by Crippen LogP contribution is 2.28. The van der Waals surface area contributed by atoms with Crippen LogP contribution in [0.15, 0.2) is 24.3 Å². The normalized spacial score (nSPS) is 17.4. The number of hydrogen-bond donors (Lipinski definition) is 1. The van der Waals surface area contributed by atoms with Crippen molar-refractivity contribution in [1.82, 2.24) is 5.32 Å². The number of alkyl carbamates (subject to hydrolysis) is 1. The van der Waals surface area contributed by atoms with Gasteiger partial charge in [-0.05, 0) is 59.4 Å². The fourth-order valence-corrected chi connectivity index (χ4v) is 3.78. The molecule has 0 bridgehead atoms. The van der Waals surface area contributed by atoms with E-state index in [9.17, 15) is 9.59 Å². The van der Waals surface area contributed by atoms with Crippen LogP contribution in [0.3, 0.4) is 0 Å². The maximum Gasteiger partial charge on any atom is 0.408 e. The number of rotatable bonds is 11. The van der Waals surface area contributed by atoms with E-state index < -0.39 is 23.0 Å². The molecule has 1 aromatic rings. The molecule has 1 aliphatic heterocycles. The van der Waals surface area contributed by atoms with Gasteiger partial charge in [-0.2, -0.15) is 0 Å². The molecule has 0 aromatic heterocycles. The predicted molar refractivity (Wildman–Crippen MR) is 131 cm³/mol. The summed E-state index contributed by atoms with van der Waals surface area (Å²) >= 11 is 0. The molecule has 1 N–H and O–H groups in total. The van der Waals surface area contributed by atoms with Crippen molar-refractivity contribution in [3.63, 3.8) is 0 Å². The number of ether oxygens (including phenoxy) is 3. The van der Waals surface area contributed by atoms with Gasteiger partial charge in [-0.15, -0.1) is 0 Å². The van der Waals surface area contributed by atoms with Crippen molar-refractivity contribution in [1.29, 1.82) is 0 Å². The highest BCUT2D eigenvalue weighted by Gasteiger charge is 2.41. The highest BCUT2D eigenvalue weighted by molar-refractivity contribution is 5.96. The Kier molecular flexibility index (Phi) is 9.92. The number of hydrogen-bond acceptors (Lipinski definition) is 5. The van der Waals surface area contributed by atoms with E-state index in [4.69, 9.17) is 14.2 Å². The molecule has 6 nitrogen and oxygen atoms in total. The van der Waals surface area contributed by atoms with Crippen molar-refractivity contribution >= 4 is 11.9 Å². The van der Waals surface area contributed by atoms with Gasteiger partial charge in [0, 0.05) is 12.0 Å². The highest BCUT2D eigenvalue weighted by atomic mass is 16.7. The summed E-state index contributed by atoms with van der Waals surface area (Å²) in [6.07, 6.45) is 7.20. The number of carbonyl (C=O) groups is 2. The minimum Gasteiger partial charge on any atom is -0.444 e. The van der Waals surface area contributed by atoms with Crippen LogP contribution in [-0.4, -0.2) is 42.0 Å². The minimum absolute atomic E-state index is 0.206. The molecule has 0 atom stereocenters. The Labute approximate surface area is 199 Å². The first-order chi connectivity index (χ1) is 15.4. The lowest BCUT2D eigenvalue weighted by Gasteiger charge is -2.44. The van der Waals surface area contributed by atoms with Gasteiger partial charge in [0.2, 0.25) is 0 Å². The molecule has 1 saturated heterocycles. The number of ketones is 1. The Morgan fingerprint density at radius 1 is 1.00 bits per heavy atom.